The van der Waals surface area contributed by atoms with Crippen LogP contribution in [0.3, 0.4) is 0 Å². The standard InChI is InChI=1S/C21H19ClN2O2/c22-19-17(5-3-14-2-1-9-24-20(14)19)15-4-6-18-16(12-15)13-25-21(26-18)7-10-23-11-8-21/h1-6,9,12,23H,7-8,10-11,13H2. The number of piperidine rings is 1. The lowest BCUT2D eigenvalue weighted by molar-refractivity contribution is -0.218. The Morgan fingerprint density at radius 1 is 1.08 bits per heavy atom. The van der Waals surface area contributed by atoms with Crippen molar-refractivity contribution >= 4 is 22.5 Å². The number of nitrogens with one attached hydrogen (secondary N) is 1. The summed E-state index contributed by atoms with van der Waals surface area (Å²) in [5.74, 6) is 0.446. The number of benzene rings is 2. The molecule has 0 bridgehead atoms. The number of fused-ring (bicyclic) bond motifs is 2. The number of rotatable bonds is 1. The molecule has 26 heavy (non-hydrogen) atoms. The van der Waals surface area contributed by atoms with E-state index < -0.39 is 5.79 Å². The highest BCUT2D eigenvalue weighted by Gasteiger charge is 2.38. The predicted octanol–water partition coefficient (Wildman–Crippen LogP) is 4.54. The molecule has 5 rings (SSSR count). The van der Waals surface area contributed by atoms with Crippen LogP contribution in [0.2, 0.25) is 5.02 Å². The number of hydrogen-bond donors (Lipinski definition) is 1. The first-order valence-corrected chi connectivity index (χ1v) is 9.32. The second kappa shape index (κ2) is 6.23. The fourth-order valence-corrected chi connectivity index (χ4v) is 4.11. The van der Waals surface area contributed by atoms with E-state index in [1.807, 2.05) is 24.3 Å². The van der Waals surface area contributed by atoms with E-state index in [1.165, 1.54) is 0 Å². The van der Waals surface area contributed by atoms with Gasteiger partial charge in [-0.1, -0.05) is 35.9 Å². The Hall–Kier alpha value is -2.14. The summed E-state index contributed by atoms with van der Waals surface area (Å²) in [4.78, 5) is 4.42. The van der Waals surface area contributed by atoms with E-state index in [0.717, 1.165) is 59.3 Å². The Morgan fingerprint density at radius 3 is 2.85 bits per heavy atom. The van der Waals surface area contributed by atoms with Gasteiger partial charge < -0.3 is 14.8 Å². The van der Waals surface area contributed by atoms with Gasteiger partial charge in [-0.3, -0.25) is 4.98 Å². The van der Waals surface area contributed by atoms with E-state index in [9.17, 15) is 0 Å². The Morgan fingerprint density at radius 2 is 1.96 bits per heavy atom. The number of ether oxygens (including phenoxy) is 2. The third-order valence-electron chi connectivity index (χ3n) is 5.24. The maximum absolute atomic E-state index is 6.64. The topological polar surface area (TPSA) is 43.4 Å². The minimum absolute atomic E-state index is 0.468. The predicted molar refractivity (Wildman–Crippen MR) is 102 cm³/mol. The van der Waals surface area contributed by atoms with Crippen LogP contribution in [0.25, 0.3) is 22.0 Å². The van der Waals surface area contributed by atoms with Crippen molar-refractivity contribution in [1.82, 2.24) is 10.3 Å². The molecule has 0 amide bonds. The highest BCUT2D eigenvalue weighted by Crippen LogP contribution is 2.40. The fraction of sp³-hybridized carbons (Fsp3) is 0.286. The summed E-state index contributed by atoms with van der Waals surface area (Å²) in [6, 6.07) is 14.3. The van der Waals surface area contributed by atoms with Crippen molar-refractivity contribution in [2.75, 3.05) is 13.1 Å². The molecule has 132 valence electrons. The molecule has 2 aliphatic heterocycles. The zero-order valence-electron chi connectivity index (χ0n) is 14.3. The van der Waals surface area contributed by atoms with Crippen molar-refractivity contribution in [2.45, 2.75) is 25.2 Å². The second-order valence-corrected chi connectivity index (χ2v) is 7.25. The van der Waals surface area contributed by atoms with E-state index in [-0.39, 0.29) is 0 Å². The van der Waals surface area contributed by atoms with Crippen molar-refractivity contribution in [3.63, 3.8) is 0 Å². The lowest BCUT2D eigenvalue weighted by Gasteiger charge is -2.41. The molecule has 1 fully saturated rings. The highest BCUT2D eigenvalue weighted by atomic mass is 35.5. The van der Waals surface area contributed by atoms with Gasteiger partial charge in [-0.2, -0.15) is 0 Å². The van der Waals surface area contributed by atoms with Crippen molar-refractivity contribution in [2.24, 2.45) is 0 Å². The molecule has 5 heteroatoms. The average molecular weight is 367 g/mol. The SMILES string of the molecule is Clc1c(-c2ccc3c(c2)COC2(CCNCC2)O3)ccc2cccnc12. The summed E-state index contributed by atoms with van der Waals surface area (Å²) in [7, 11) is 0. The molecule has 2 aliphatic rings. The number of pyridine rings is 1. The zero-order valence-corrected chi connectivity index (χ0v) is 15.1. The Kier molecular flexibility index (Phi) is 3.85. The first-order valence-electron chi connectivity index (χ1n) is 8.94. The molecule has 3 heterocycles. The highest BCUT2D eigenvalue weighted by molar-refractivity contribution is 6.37. The quantitative estimate of drug-likeness (QED) is 0.686. The Bertz CT molecular complexity index is 983. The molecule has 0 radical (unpaired) electrons. The van der Waals surface area contributed by atoms with E-state index in [4.69, 9.17) is 21.1 Å². The van der Waals surface area contributed by atoms with Crippen molar-refractivity contribution < 1.29 is 9.47 Å². The number of nitrogens with zero attached hydrogens (tertiary/aromatic N) is 1. The van der Waals surface area contributed by atoms with Crippen LogP contribution < -0.4 is 10.1 Å². The van der Waals surface area contributed by atoms with Crippen LogP contribution in [0.15, 0.2) is 48.7 Å². The molecule has 0 saturated carbocycles. The maximum atomic E-state index is 6.64. The van der Waals surface area contributed by atoms with Gasteiger partial charge >= 0.3 is 0 Å². The molecule has 1 N–H and O–H groups in total. The van der Waals surface area contributed by atoms with Gasteiger partial charge in [0.05, 0.1) is 17.1 Å². The molecule has 0 unspecified atom stereocenters. The van der Waals surface area contributed by atoms with Gasteiger partial charge in [0.2, 0.25) is 5.79 Å². The summed E-state index contributed by atoms with van der Waals surface area (Å²) < 4.78 is 12.4. The number of aromatic nitrogens is 1. The van der Waals surface area contributed by atoms with Crippen LogP contribution in [0, 0.1) is 0 Å². The van der Waals surface area contributed by atoms with Crippen LogP contribution in [0.4, 0.5) is 0 Å². The van der Waals surface area contributed by atoms with Gasteiger partial charge in [0.25, 0.3) is 0 Å². The van der Waals surface area contributed by atoms with Crippen LogP contribution in [0.1, 0.15) is 18.4 Å². The molecular formula is C21H19ClN2O2. The first-order chi connectivity index (χ1) is 12.7. The average Bonchev–Trinajstić information content (AvgIpc) is 2.69. The Balaban J connectivity index is 1.52. The van der Waals surface area contributed by atoms with Gasteiger partial charge in [-0.25, -0.2) is 0 Å². The summed E-state index contributed by atoms with van der Waals surface area (Å²) in [6.07, 6.45) is 3.51. The second-order valence-electron chi connectivity index (χ2n) is 6.88. The van der Waals surface area contributed by atoms with E-state index >= 15 is 0 Å². The van der Waals surface area contributed by atoms with E-state index in [1.54, 1.807) is 6.20 Å². The molecule has 2 aromatic carbocycles. The third kappa shape index (κ3) is 2.65. The molecular weight excluding hydrogens is 348 g/mol. The molecule has 0 aliphatic carbocycles. The van der Waals surface area contributed by atoms with Gasteiger partial charge in [-0.05, 0) is 23.8 Å². The lowest BCUT2D eigenvalue weighted by atomic mass is 9.99. The van der Waals surface area contributed by atoms with Crippen molar-refractivity contribution in [3.05, 3.63) is 59.2 Å². The van der Waals surface area contributed by atoms with E-state index in [2.05, 4.69) is 28.5 Å². The summed E-state index contributed by atoms with van der Waals surface area (Å²) in [5.41, 5.74) is 3.91. The Labute approximate surface area is 157 Å². The molecule has 1 saturated heterocycles. The van der Waals surface area contributed by atoms with Crippen LogP contribution in [0.5, 0.6) is 5.75 Å². The summed E-state index contributed by atoms with van der Waals surface area (Å²) in [5, 5.41) is 5.07. The number of halogens is 1. The minimum Gasteiger partial charge on any atom is -0.462 e. The maximum Gasteiger partial charge on any atom is 0.213 e. The first kappa shape index (κ1) is 16.1. The zero-order chi connectivity index (χ0) is 17.6. The fourth-order valence-electron chi connectivity index (χ4n) is 3.78. The molecule has 1 aromatic heterocycles. The van der Waals surface area contributed by atoms with Gasteiger partial charge in [0, 0.05) is 48.6 Å². The lowest BCUT2D eigenvalue weighted by Crippen LogP contribution is -2.49. The van der Waals surface area contributed by atoms with Crippen molar-refractivity contribution in [1.29, 1.82) is 0 Å². The van der Waals surface area contributed by atoms with Crippen LogP contribution in [-0.4, -0.2) is 23.9 Å². The van der Waals surface area contributed by atoms with Crippen molar-refractivity contribution in [3.8, 4) is 16.9 Å². The summed E-state index contributed by atoms with van der Waals surface area (Å²) in [6.45, 7) is 2.41. The molecule has 1 spiro atoms. The molecule has 0 atom stereocenters. The van der Waals surface area contributed by atoms with Crippen LogP contribution >= 0.6 is 11.6 Å². The molecule has 3 aromatic rings. The van der Waals surface area contributed by atoms with Gasteiger partial charge in [0.1, 0.15) is 5.75 Å². The number of hydrogen-bond acceptors (Lipinski definition) is 4. The van der Waals surface area contributed by atoms with Crippen LogP contribution in [-0.2, 0) is 11.3 Å². The van der Waals surface area contributed by atoms with Gasteiger partial charge in [0.15, 0.2) is 0 Å². The van der Waals surface area contributed by atoms with Gasteiger partial charge in [-0.15, -0.1) is 0 Å². The largest absolute Gasteiger partial charge is 0.462 e. The third-order valence-corrected chi connectivity index (χ3v) is 5.62. The molecule has 4 nitrogen and oxygen atoms in total. The normalized spacial score (nSPS) is 18.5. The smallest absolute Gasteiger partial charge is 0.213 e. The van der Waals surface area contributed by atoms with E-state index in [0.29, 0.717) is 11.6 Å². The minimum atomic E-state index is -0.468. The monoisotopic (exact) mass is 366 g/mol. The summed E-state index contributed by atoms with van der Waals surface area (Å²) >= 11 is 6.64.